The van der Waals surface area contributed by atoms with Crippen molar-refractivity contribution in [3.63, 3.8) is 0 Å². The summed E-state index contributed by atoms with van der Waals surface area (Å²) in [4.78, 5) is 0. The fourth-order valence-electron chi connectivity index (χ4n) is 1.32. The quantitative estimate of drug-likeness (QED) is 0.685. The summed E-state index contributed by atoms with van der Waals surface area (Å²) < 4.78 is 0. The highest BCUT2D eigenvalue weighted by Gasteiger charge is 2.19. The van der Waals surface area contributed by atoms with Crippen LogP contribution in [-0.2, 0) is 6.54 Å². The summed E-state index contributed by atoms with van der Waals surface area (Å²) in [6.07, 6.45) is 7.97. The summed E-state index contributed by atoms with van der Waals surface area (Å²) in [6.45, 7) is 0.945. The van der Waals surface area contributed by atoms with Gasteiger partial charge < -0.3 is 5.32 Å². The summed E-state index contributed by atoms with van der Waals surface area (Å²) in [6, 6.07) is 8.90. The van der Waals surface area contributed by atoms with Crippen LogP contribution in [0.5, 0.6) is 0 Å². The van der Waals surface area contributed by atoms with Gasteiger partial charge in [-0.2, -0.15) is 0 Å². The van der Waals surface area contributed by atoms with Gasteiger partial charge in [0.1, 0.15) is 0 Å². The maximum atomic E-state index is 5.32. The zero-order valence-corrected chi connectivity index (χ0v) is 7.59. The SMILES string of the molecule is C#Cc1cccc(CNC2CC2)c1. The maximum Gasteiger partial charge on any atom is 0.0245 e. The van der Waals surface area contributed by atoms with Crippen LogP contribution in [0, 0.1) is 12.3 Å². The molecule has 1 saturated carbocycles. The van der Waals surface area contributed by atoms with Crippen LogP contribution in [-0.4, -0.2) is 6.04 Å². The van der Waals surface area contributed by atoms with Crippen molar-refractivity contribution in [3.8, 4) is 12.3 Å². The van der Waals surface area contributed by atoms with Crippen molar-refractivity contribution < 1.29 is 0 Å². The maximum absolute atomic E-state index is 5.32. The molecule has 1 heteroatoms. The summed E-state index contributed by atoms with van der Waals surface area (Å²) in [7, 11) is 0. The Labute approximate surface area is 79.2 Å². The summed E-state index contributed by atoms with van der Waals surface area (Å²) >= 11 is 0. The lowest BCUT2D eigenvalue weighted by atomic mass is 10.1. The van der Waals surface area contributed by atoms with Gasteiger partial charge in [-0.15, -0.1) is 6.42 Å². The van der Waals surface area contributed by atoms with Gasteiger partial charge in [-0.25, -0.2) is 0 Å². The first kappa shape index (κ1) is 8.34. The molecule has 0 aliphatic heterocycles. The average Bonchev–Trinajstić information content (AvgIpc) is 2.99. The van der Waals surface area contributed by atoms with E-state index in [2.05, 4.69) is 23.4 Å². The first-order valence-electron chi connectivity index (χ1n) is 4.67. The third-order valence-corrected chi connectivity index (χ3v) is 2.27. The normalized spacial score (nSPS) is 15.3. The molecule has 1 aliphatic carbocycles. The number of hydrogen-bond acceptors (Lipinski definition) is 1. The predicted octanol–water partition coefficient (Wildman–Crippen LogP) is 1.92. The number of rotatable bonds is 3. The molecule has 1 aromatic carbocycles. The van der Waals surface area contributed by atoms with Crippen LogP contribution in [0.25, 0.3) is 0 Å². The Morgan fingerprint density at radius 3 is 3.00 bits per heavy atom. The largest absolute Gasteiger partial charge is 0.310 e. The highest BCUT2D eigenvalue weighted by molar-refractivity contribution is 5.35. The fraction of sp³-hybridized carbons (Fsp3) is 0.333. The highest BCUT2D eigenvalue weighted by Crippen LogP contribution is 2.19. The molecule has 0 spiro atoms. The molecule has 0 unspecified atom stereocenters. The third-order valence-electron chi connectivity index (χ3n) is 2.27. The third kappa shape index (κ3) is 2.34. The van der Waals surface area contributed by atoms with Gasteiger partial charge in [0.05, 0.1) is 0 Å². The summed E-state index contributed by atoms with van der Waals surface area (Å²) in [5.41, 5.74) is 2.25. The first-order valence-corrected chi connectivity index (χ1v) is 4.67. The van der Waals surface area contributed by atoms with Crippen LogP contribution < -0.4 is 5.32 Å². The first-order chi connectivity index (χ1) is 6.38. The van der Waals surface area contributed by atoms with Gasteiger partial charge in [-0.1, -0.05) is 18.1 Å². The zero-order chi connectivity index (χ0) is 9.10. The fourth-order valence-corrected chi connectivity index (χ4v) is 1.32. The topological polar surface area (TPSA) is 12.0 Å². The van der Waals surface area contributed by atoms with E-state index >= 15 is 0 Å². The van der Waals surface area contributed by atoms with Crippen molar-refractivity contribution >= 4 is 0 Å². The second-order valence-corrected chi connectivity index (χ2v) is 3.50. The van der Waals surface area contributed by atoms with Crippen molar-refractivity contribution in [3.05, 3.63) is 35.4 Å². The Bertz CT molecular complexity index is 331. The van der Waals surface area contributed by atoms with Crippen LogP contribution in [0.2, 0.25) is 0 Å². The highest BCUT2D eigenvalue weighted by atomic mass is 14.9. The molecule has 0 aromatic heterocycles. The summed E-state index contributed by atoms with van der Waals surface area (Å²) in [5, 5.41) is 3.46. The second kappa shape index (κ2) is 3.64. The second-order valence-electron chi connectivity index (χ2n) is 3.50. The molecule has 0 radical (unpaired) electrons. The Balaban J connectivity index is 1.98. The minimum Gasteiger partial charge on any atom is -0.310 e. The number of benzene rings is 1. The van der Waals surface area contributed by atoms with Crippen LogP contribution in [0.4, 0.5) is 0 Å². The van der Waals surface area contributed by atoms with Crippen LogP contribution >= 0.6 is 0 Å². The Kier molecular flexibility index (Phi) is 2.33. The van der Waals surface area contributed by atoms with Gasteiger partial charge in [0, 0.05) is 18.2 Å². The Morgan fingerprint density at radius 1 is 1.46 bits per heavy atom. The van der Waals surface area contributed by atoms with Crippen molar-refractivity contribution in [2.45, 2.75) is 25.4 Å². The van der Waals surface area contributed by atoms with E-state index in [1.54, 1.807) is 0 Å². The van der Waals surface area contributed by atoms with Crippen molar-refractivity contribution in [1.82, 2.24) is 5.32 Å². The summed E-state index contributed by atoms with van der Waals surface area (Å²) in [5.74, 6) is 2.64. The standard InChI is InChI=1S/C12H13N/c1-2-10-4-3-5-11(8-10)9-13-12-6-7-12/h1,3-5,8,12-13H,6-7,9H2. The lowest BCUT2D eigenvalue weighted by Gasteiger charge is -2.02. The molecule has 2 rings (SSSR count). The van der Waals surface area contributed by atoms with Crippen molar-refractivity contribution in [2.24, 2.45) is 0 Å². The average molecular weight is 171 g/mol. The van der Waals surface area contributed by atoms with Crippen molar-refractivity contribution in [2.75, 3.05) is 0 Å². The van der Waals surface area contributed by atoms with Gasteiger partial charge in [-0.05, 0) is 30.5 Å². The molecule has 0 heterocycles. The lowest BCUT2D eigenvalue weighted by molar-refractivity contribution is 0.688. The smallest absolute Gasteiger partial charge is 0.0245 e. The van der Waals surface area contributed by atoms with Crippen LogP contribution in [0.15, 0.2) is 24.3 Å². The Morgan fingerprint density at radius 2 is 2.31 bits per heavy atom. The molecule has 13 heavy (non-hydrogen) atoms. The molecule has 0 amide bonds. The van der Waals surface area contributed by atoms with E-state index in [0.717, 1.165) is 18.2 Å². The van der Waals surface area contributed by atoms with E-state index in [-0.39, 0.29) is 0 Å². The molecule has 1 N–H and O–H groups in total. The van der Waals surface area contributed by atoms with Gasteiger partial charge in [0.15, 0.2) is 0 Å². The molecule has 1 nitrogen and oxygen atoms in total. The van der Waals surface area contributed by atoms with Gasteiger partial charge in [-0.3, -0.25) is 0 Å². The van der Waals surface area contributed by atoms with E-state index in [1.807, 2.05) is 12.1 Å². The molecule has 0 bridgehead atoms. The number of hydrogen-bond donors (Lipinski definition) is 1. The molecule has 1 fully saturated rings. The minimum absolute atomic E-state index is 0.759. The van der Waals surface area contributed by atoms with Crippen LogP contribution in [0.1, 0.15) is 24.0 Å². The predicted molar refractivity (Wildman–Crippen MR) is 54.2 cm³/mol. The molecule has 1 aliphatic rings. The van der Waals surface area contributed by atoms with E-state index in [0.29, 0.717) is 0 Å². The lowest BCUT2D eigenvalue weighted by Crippen LogP contribution is -2.15. The van der Waals surface area contributed by atoms with Gasteiger partial charge >= 0.3 is 0 Å². The molecule has 0 atom stereocenters. The minimum atomic E-state index is 0.759. The van der Waals surface area contributed by atoms with E-state index in [1.165, 1.54) is 18.4 Å². The number of terminal acetylenes is 1. The molecular weight excluding hydrogens is 158 g/mol. The van der Waals surface area contributed by atoms with Gasteiger partial charge in [0.2, 0.25) is 0 Å². The van der Waals surface area contributed by atoms with E-state index < -0.39 is 0 Å². The van der Waals surface area contributed by atoms with E-state index in [4.69, 9.17) is 6.42 Å². The molecular formula is C12H13N. The zero-order valence-electron chi connectivity index (χ0n) is 7.59. The molecule has 0 saturated heterocycles. The van der Waals surface area contributed by atoms with Crippen LogP contribution in [0.3, 0.4) is 0 Å². The monoisotopic (exact) mass is 171 g/mol. The molecule has 1 aromatic rings. The molecule has 66 valence electrons. The van der Waals surface area contributed by atoms with E-state index in [9.17, 15) is 0 Å². The number of nitrogens with one attached hydrogen (secondary N) is 1. The van der Waals surface area contributed by atoms with Gasteiger partial charge in [0.25, 0.3) is 0 Å². The van der Waals surface area contributed by atoms with Crippen molar-refractivity contribution in [1.29, 1.82) is 0 Å². The Hall–Kier alpha value is -1.26.